The van der Waals surface area contributed by atoms with E-state index in [0.717, 1.165) is 18.4 Å². The Morgan fingerprint density at radius 3 is 3.08 bits per heavy atom. The van der Waals surface area contributed by atoms with Crippen LogP contribution in [0.1, 0.15) is 29.3 Å². The van der Waals surface area contributed by atoms with Gasteiger partial charge in [-0.05, 0) is 30.7 Å². The van der Waals surface area contributed by atoms with Crippen molar-refractivity contribution in [1.29, 1.82) is 5.26 Å². The molecule has 0 saturated heterocycles. The zero-order valence-corrected chi connectivity index (χ0v) is 8.45. The van der Waals surface area contributed by atoms with Crippen molar-refractivity contribution >= 4 is 16.3 Å². The summed E-state index contributed by atoms with van der Waals surface area (Å²) in [4.78, 5) is 1.34. The van der Waals surface area contributed by atoms with E-state index in [9.17, 15) is 0 Å². The molecule has 13 heavy (non-hydrogen) atoms. The molecule has 0 aromatic carbocycles. The summed E-state index contributed by atoms with van der Waals surface area (Å²) in [7, 11) is 0. The molecule has 1 heterocycles. The van der Waals surface area contributed by atoms with Crippen molar-refractivity contribution < 1.29 is 0 Å². The Kier molecular flexibility index (Phi) is 2.01. The molecule has 2 N–H and O–H groups in total. The van der Waals surface area contributed by atoms with E-state index in [2.05, 4.69) is 13.0 Å². The molecular weight excluding hydrogens is 180 g/mol. The molecule has 2 rings (SSSR count). The van der Waals surface area contributed by atoms with Crippen LogP contribution >= 0.6 is 11.3 Å². The quantitative estimate of drug-likeness (QED) is 0.685. The minimum Gasteiger partial charge on any atom is -0.389 e. The first-order valence-corrected chi connectivity index (χ1v) is 5.34. The van der Waals surface area contributed by atoms with E-state index >= 15 is 0 Å². The van der Waals surface area contributed by atoms with Crippen molar-refractivity contribution in [3.8, 4) is 6.07 Å². The second-order valence-corrected chi connectivity index (χ2v) is 4.84. The molecule has 1 aliphatic rings. The zero-order chi connectivity index (χ0) is 9.42. The summed E-state index contributed by atoms with van der Waals surface area (Å²) in [6, 6.07) is 2.21. The SMILES string of the molecule is CC1CCc2sc(N)c(C#N)c2C1. The number of nitrogen functional groups attached to an aromatic ring is 1. The minimum absolute atomic E-state index is 0.702. The number of anilines is 1. The first kappa shape index (κ1) is 8.58. The molecule has 0 amide bonds. The van der Waals surface area contributed by atoms with E-state index in [1.165, 1.54) is 16.9 Å². The molecule has 0 saturated carbocycles. The van der Waals surface area contributed by atoms with Crippen LogP contribution in [0.15, 0.2) is 0 Å². The lowest BCUT2D eigenvalue weighted by Gasteiger charge is -2.17. The maximum Gasteiger partial charge on any atom is 0.104 e. The summed E-state index contributed by atoms with van der Waals surface area (Å²) < 4.78 is 0. The summed E-state index contributed by atoms with van der Waals surface area (Å²) in [6.07, 6.45) is 3.37. The third-order valence-corrected chi connectivity index (χ3v) is 3.77. The number of nitrogens with two attached hydrogens (primary N) is 1. The second kappa shape index (κ2) is 3.04. The Labute approximate surface area is 82.0 Å². The molecule has 1 aromatic heterocycles. The minimum atomic E-state index is 0.702. The first-order chi connectivity index (χ1) is 6.22. The van der Waals surface area contributed by atoms with Crippen LogP contribution in [0, 0.1) is 17.2 Å². The van der Waals surface area contributed by atoms with Gasteiger partial charge in [-0.2, -0.15) is 5.26 Å². The highest BCUT2D eigenvalue weighted by atomic mass is 32.1. The number of nitriles is 1. The van der Waals surface area contributed by atoms with E-state index in [0.29, 0.717) is 10.9 Å². The highest BCUT2D eigenvalue weighted by Crippen LogP contribution is 2.37. The summed E-state index contributed by atoms with van der Waals surface area (Å²) in [5, 5.41) is 9.64. The zero-order valence-electron chi connectivity index (χ0n) is 7.63. The van der Waals surface area contributed by atoms with Gasteiger partial charge in [-0.1, -0.05) is 6.92 Å². The van der Waals surface area contributed by atoms with Gasteiger partial charge in [0.25, 0.3) is 0 Å². The van der Waals surface area contributed by atoms with Crippen LogP contribution in [0.3, 0.4) is 0 Å². The third kappa shape index (κ3) is 1.31. The number of nitrogens with zero attached hydrogens (tertiary/aromatic N) is 1. The predicted molar refractivity (Wildman–Crippen MR) is 54.6 cm³/mol. The summed E-state index contributed by atoms with van der Waals surface area (Å²) in [6.45, 7) is 2.23. The smallest absolute Gasteiger partial charge is 0.104 e. The summed E-state index contributed by atoms with van der Waals surface area (Å²) >= 11 is 1.60. The second-order valence-electron chi connectivity index (χ2n) is 3.70. The van der Waals surface area contributed by atoms with Gasteiger partial charge in [0.05, 0.1) is 5.56 Å². The van der Waals surface area contributed by atoms with Gasteiger partial charge in [0.2, 0.25) is 0 Å². The number of rotatable bonds is 0. The van der Waals surface area contributed by atoms with E-state index in [4.69, 9.17) is 11.0 Å². The molecule has 1 aliphatic carbocycles. The van der Waals surface area contributed by atoms with Gasteiger partial charge in [-0.3, -0.25) is 0 Å². The molecule has 0 fully saturated rings. The van der Waals surface area contributed by atoms with Crippen LogP contribution in [0.4, 0.5) is 5.00 Å². The Balaban J connectivity index is 2.50. The lowest BCUT2D eigenvalue weighted by molar-refractivity contribution is 0.506. The lowest BCUT2D eigenvalue weighted by Crippen LogP contribution is -2.09. The van der Waals surface area contributed by atoms with Gasteiger partial charge in [0.1, 0.15) is 11.1 Å². The number of hydrogen-bond donors (Lipinski definition) is 1. The molecule has 0 spiro atoms. The normalized spacial score (nSPS) is 20.8. The summed E-state index contributed by atoms with van der Waals surface area (Å²) in [5.74, 6) is 0.702. The van der Waals surface area contributed by atoms with Crippen LogP contribution in [0.25, 0.3) is 0 Å². The predicted octanol–water partition coefficient (Wildman–Crippen LogP) is 2.33. The van der Waals surface area contributed by atoms with Crippen molar-refractivity contribution in [2.45, 2.75) is 26.2 Å². The van der Waals surface area contributed by atoms with E-state index in [-0.39, 0.29) is 0 Å². The number of hydrogen-bond acceptors (Lipinski definition) is 3. The van der Waals surface area contributed by atoms with Crippen LogP contribution in [0.5, 0.6) is 0 Å². The van der Waals surface area contributed by atoms with E-state index < -0.39 is 0 Å². The van der Waals surface area contributed by atoms with E-state index in [1.54, 1.807) is 11.3 Å². The molecule has 0 bridgehead atoms. The lowest BCUT2D eigenvalue weighted by atomic mass is 9.88. The molecule has 1 unspecified atom stereocenters. The number of thiophene rings is 1. The first-order valence-electron chi connectivity index (χ1n) is 4.52. The van der Waals surface area contributed by atoms with Gasteiger partial charge in [-0.25, -0.2) is 0 Å². The number of fused-ring (bicyclic) bond motifs is 1. The van der Waals surface area contributed by atoms with Gasteiger partial charge >= 0.3 is 0 Å². The molecule has 0 radical (unpaired) electrons. The average molecular weight is 192 g/mol. The largest absolute Gasteiger partial charge is 0.389 e. The van der Waals surface area contributed by atoms with Gasteiger partial charge in [-0.15, -0.1) is 11.3 Å². The van der Waals surface area contributed by atoms with Crippen molar-refractivity contribution in [3.63, 3.8) is 0 Å². The Hall–Kier alpha value is -1.01. The Bertz CT molecular complexity index is 373. The van der Waals surface area contributed by atoms with Crippen LogP contribution < -0.4 is 5.73 Å². The standard InChI is InChI=1S/C10H12N2S/c1-6-2-3-9-7(4-6)8(5-11)10(12)13-9/h6H,2-4,12H2,1H3. The van der Waals surface area contributed by atoms with Gasteiger partial charge < -0.3 is 5.73 Å². The molecule has 68 valence electrons. The summed E-state index contributed by atoms with van der Waals surface area (Å²) in [5.41, 5.74) is 7.74. The van der Waals surface area contributed by atoms with Crippen molar-refractivity contribution in [2.75, 3.05) is 5.73 Å². The molecule has 1 atom stereocenters. The van der Waals surface area contributed by atoms with Crippen molar-refractivity contribution in [2.24, 2.45) is 5.92 Å². The third-order valence-electron chi connectivity index (χ3n) is 2.65. The molecule has 0 aliphatic heterocycles. The number of aryl methyl sites for hydroxylation is 1. The molecule has 2 nitrogen and oxygen atoms in total. The molecular formula is C10H12N2S. The monoisotopic (exact) mass is 192 g/mol. The average Bonchev–Trinajstić information content (AvgIpc) is 2.40. The Morgan fingerprint density at radius 2 is 2.38 bits per heavy atom. The van der Waals surface area contributed by atoms with Gasteiger partial charge in [0.15, 0.2) is 0 Å². The fourth-order valence-electron chi connectivity index (χ4n) is 1.90. The maximum absolute atomic E-state index is 8.93. The van der Waals surface area contributed by atoms with Crippen molar-refractivity contribution in [3.05, 3.63) is 16.0 Å². The fraction of sp³-hybridized carbons (Fsp3) is 0.500. The highest BCUT2D eigenvalue weighted by Gasteiger charge is 2.22. The molecule has 1 aromatic rings. The highest BCUT2D eigenvalue weighted by molar-refractivity contribution is 7.16. The van der Waals surface area contributed by atoms with Crippen LogP contribution in [-0.4, -0.2) is 0 Å². The topological polar surface area (TPSA) is 49.8 Å². The van der Waals surface area contributed by atoms with E-state index in [1.807, 2.05) is 0 Å². The molecule has 3 heteroatoms. The van der Waals surface area contributed by atoms with Crippen molar-refractivity contribution in [1.82, 2.24) is 0 Å². The van der Waals surface area contributed by atoms with Gasteiger partial charge in [0, 0.05) is 4.88 Å². The Morgan fingerprint density at radius 1 is 1.62 bits per heavy atom. The fourth-order valence-corrected chi connectivity index (χ4v) is 2.97. The van der Waals surface area contributed by atoms with Crippen LogP contribution in [-0.2, 0) is 12.8 Å². The maximum atomic E-state index is 8.93. The van der Waals surface area contributed by atoms with Crippen LogP contribution in [0.2, 0.25) is 0 Å².